The van der Waals surface area contributed by atoms with Crippen molar-refractivity contribution >= 4 is 60.9 Å². The number of nitrogens with one attached hydrogen (secondary N) is 2. The highest BCUT2D eigenvalue weighted by atomic mass is 35.5. The van der Waals surface area contributed by atoms with Crippen LogP contribution in [0.2, 0.25) is 5.15 Å². The smallest absolute Gasteiger partial charge is 0.323 e. The number of anilines is 3. The van der Waals surface area contributed by atoms with Crippen LogP contribution < -0.4 is 21.1 Å². The molecule has 2 amide bonds. The number of nitrogens with zero attached hydrogens (tertiary/aromatic N) is 4. The van der Waals surface area contributed by atoms with Crippen LogP contribution in [0.1, 0.15) is 0 Å². The second kappa shape index (κ2) is 9.55. The zero-order chi connectivity index (χ0) is 21.8. The van der Waals surface area contributed by atoms with Crippen LogP contribution in [0.5, 0.6) is 0 Å². The molecule has 1 saturated heterocycles. The van der Waals surface area contributed by atoms with E-state index in [1.807, 2.05) is 26.0 Å². The minimum absolute atomic E-state index is 0.295. The van der Waals surface area contributed by atoms with Gasteiger partial charge in [0.1, 0.15) is 11.0 Å². The van der Waals surface area contributed by atoms with E-state index in [9.17, 15) is 4.79 Å². The van der Waals surface area contributed by atoms with Crippen LogP contribution in [0, 0.1) is 0 Å². The minimum Gasteiger partial charge on any atom is -0.378 e. The Hall–Kier alpha value is -2.82. The summed E-state index contributed by atoms with van der Waals surface area (Å²) in [5.74, 6) is 1.18. The van der Waals surface area contributed by atoms with Gasteiger partial charge in [0, 0.05) is 30.5 Å². The third-order valence-corrected chi connectivity index (χ3v) is 5.52. The highest BCUT2D eigenvalue weighted by Gasteiger charge is 2.19. The summed E-state index contributed by atoms with van der Waals surface area (Å²) < 4.78 is 5.41. The third-order valence-electron chi connectivity index (χ3n) is 4.70. The van der Waals surface area contributed by atoms with E-state index in [0.717, 1.165) is 24.2 Å². The topological polar surface area (TPSA) is 92.3 Å². The van der Waals surface area contributed by atoms with Crippen molar-refractivity contribution in [3.05, 3.63) is 47.7 Å². The van der Waals surface area contributed by atoms with E-state index in [1.165, 1.54) is 0 Å². The minimum atomic E-state index is -0.355. The quantitative estimate of drug-likeness (QED) is 0.318. The molecule has 158 valence electrons. The number of urea groups is 1. The van der Waals surface area contributed by atoms with Gasteiger partial charge in [0.2, 0.25) is 0 Å². The fourth-order valence-corrected chi connectivity index (χ4v) is 3.48. The molecule has 8 nitrogen and oxygen atoms in total. The Morgan fingerprint density at radius 2 is 1.74 bits per heavy atom. The largest absolute Gasteiger partial charge is 0.378 e. The summed E-state index contributed by atoms with van der Waals surface area (Å²) in [5.41, 5.74) is 2.90. The number of hydrogen-bond donors (Lipinski definition) is 3. The van der Waals surface area contributed by atoms with Crippen molar-refractivity contribution in [3.8, 4) is 11.4 Å². The van der Waals surface area contributed by atoms with Crippen LogP contribution >= 0.6 is 24.2 Å². The molecule has 3 heterocycles. The van der Waals surface area contributed by atoms with Crippen molar-refractivity contribution in [2.75, 3.05) is 41.8 Å². The normalized spacial score (nSPS) is 13.7. The number of thiol groups is 1. The molecule has 1 aliphatic rings. The Morgan fingerprint density at radius 1 is 1.06 bits per heavy atom. The van der Waals surface area contributed by atoms with Crippen LogP contribution in [0.15, 0.2) is 47.5 Å². The molecule has 3 aromatic rings. The fraction of sp³-hybridized carbons (Fsp3) is 0.200. The molecule has 0 unspecified atom stereocenters. The number of benzene rings is 1. The van der Waals surface area contributed by atoms with E-state index < -0.39 is 0 Å². The molecular weight excluding hydrogens is 435 g/mol. The highest BCUT2D eigenvalue weighted by molar-refractivity contribution is 7.80. The molecule has 11 heteroatoms. The Balaban J connectivity index is 1.48. The predicted molar refractivity (Wildman–Crippen MR) is 128 cm³/mol. The lowest BCUT2D eigenvalue weighted by Gasteiger charge is -2.29. The first-order chi connectivity index (χ1) is 15.0. The summed E-state index contributed by atoms with van der Waals surface area (Å²) in [6, 6.07) is 10.5. The van der Waals surface area contributed by atoms with Crippen molar-refractivity contribution in [3.63, 3.8) is 0 Å². The maximum atomic E-state index is 12.2. The summed E-state index contributed by atoms with van der Waals surface area (Å²) in [6.07, 6.45) is 1.61. The number of aromatic nitrogens is 3. The molecule has 4 rings (SSSR count). The maximum absolute atomic E-state index is 12.2. The Morgan fingerprint density at radius 3 is 2.42 bits per heavy atom. The van der Waals surface area contributed by atoms with Crippen LogP contribution in [0.25, 0.3) is 11.4 Å². The number of hydrogen-bond acceptors (Lipinski definition) is 7. The van der Waals surface area contributed by atoms with E-state index in [-0.39, 0.29) is 6.03 Å². The molecule has 1 aromatic carbocycles. The lowest BCUT2D eigenvalue weighted by Crippen LogP contribution is -2.37. The van der Waals surface area contributed by atoms with Gasteiger partial charge in [0.25, 0.3) is 0 Å². The van der Waals surface area contributed by atoms with Gasteiger partial charge in [0.05, 0.1) is 23.8 Å². The SMILES string of the molecule is Bc1ccc(NC(=O)Nc2ccc(-c3nc(Cl)c(S)c(N4CCOCC4)n3)cc2)cn1. The molecule has 0 saturated carbocycles. The second-order valence-corrected chi connectivity index (χ2v) is 7.76. The van der Waals surface area contributed by atoms with Crippen LogP contribution in [0.4, 0.5) is 22.0 Å². The number of ether oxygens (including phenoxy) is 1. The van der Waals surface area contributed by atoms with E-state index in [0.29, 0.717) is 46.3 Å². The van der Waals surface area contributed by atoms with Gasteiger partial charge in [0.15, 0.2) is 13.7 Å². The molecule has 2 aromatic heterocycles. The lowest BCUT2D eigenvalue weighted by atomic mass is 10.0. The van der Waals surface area contributed by atoms with Crippen LogP contribution in [-0.4, -0.2) is 55.1 Å². The van der Waals surface area contributed by atoms with E-state index in [4.69, 9.17) is 16.3 Å². The van der Waals surface area contributed by atoms with Gasteiger partial charge < -0.3 is 20.3 Å². The highest BCUT2D eigenvalue weighted by Crippen LogP contribution is 2.31. The number of rotatable bonds is 4. The average molecular weight is 455 g/mol. The second-order valence-electron chi connectivity index (χ2n) is 6.95. The van der Waals surface area contributed by atoms with Crippen molar-refractivity contribution in [2.45, 2.75) is 4.90 Å². The first-order valence-corrected chi connectivity index (χ1v) is 10.5. The Bertz CT molecular complexity index is 1080. The standard InChI is InChI=1S/C20H20BClN6O2S/c21-15-6-5-14(11-23-15)25-20(29)24-13-3-1-12(2-4-13)18-26-17(22)16(31)19(27-18)28-7-9-30-10-8-28/h1-6,11,31H,7-10,21H2,(H2,24,25,29). The molecular formula is C20H20BClN6O2S. The van der Waals surface area contributed by atoms with Crippen molar-refractivity contribution in [2.24, 2.45) is 0 Å². The molecule has 1 fully saturated rings. The van der Waals surface area contributed by atoms with Gasteiger partial charge in [-0.25, -0.2) is 14.8 Å². The Kier molecular flexibility index (Phi) is 6.60. The lowest BCUT2D eigenvalue weighted by molar-refractivity contribution is 0.122. The first kappa shape index (κ1) is 21.4. The molecule has 0 spiro atoms. The van der Waals surface area contributed by atoms with Gasteiger partial charge in [-0.1, -0.05) is 11.6 Å². The van der Waals surface area contributed by atoms with Crippen molar-refractivity contribution in [1.82, 2.24) is 15.0 Å². The molecule has 0 radical (unpaired) electrons. The van der Waals surface area contributed by atoms with Crippen molar-refractivity contribution in [1.29, 1.82) is 0 Å². The summed E-state index contributed by atoms with van der Waals surface area (Å²) >= 11 is 10.8. The molecule has 0 aliphatic carbocycles. The predicted octanol–water partition coefficient (Wildman–Crippen LogP) is 2.22. The number of amides is 2. The number of carbonyl (C=O) groups excluding carboxylic acids is 1. The van der Waals surface area contributed by atoms with Gasteiger partial charge in [-0.05, 0) is 42.0 Å². The molecule has 0 atom stereocenters. The maximum Gasteiger partial charge on any atom is 0.323 e. The summed E-state index contributed by atoms with van der Waals surface area (Å²) in [5, 5.41) is 5.83. The molecule has 1 aliphatic heterocycles. The Labute approximate surface area is 191 Å². The van der Waals surface area contributed by atoms with Crippen molar-refractivity contribution < 1.29 is 9.53 Å². The summed E-state index contributed by atoms with van der Waals surface area (Å²) in [7, 11) is 1.88. The summed E-state index contributed by atoms with van der Waals surface area (Å²) in [4.78, 5) is 28.0. The number of pyridine rings is 1. The van der Waals surface area contributed by atoms with Crippen LogP contribution in [-0.2, 0) is 4.74 Å². The number of morpholine rings is 1. The van der Waals surface area contributed by atoms with E-state index >= 15 is 0 Å². The molecule has 31 heavy (non-hydrogen) atoms. The van der Waals surface area contributed by atoms with Gasteiger partial charge in [-0.2, -0.15) is 0 Å². The zero-order valence-corrected chi connectivity index (χ0v) is 18.5. The fourth-order valence-electron chi connectivity index (χ4n) is 3.08. The number of carbonyl (C=O) groups is 1. The molecule has 0 bridgehead atoms. The monoisotopic (exact) mass is 454 g/mol. The summed E-state index contributed by atoms with van der Waals surface area (Å²) in [6.45, 7) is 2.69. The zero-order valence-electron chi connectivity index (χ0n) is 16.8. The first-order valence-electron chi connectivity index (χ1n) is 9.70. The van der Waals surface area contributed by atoms with E-state index in [2.05, 4.69) is 43.1 Å². The van der Waals surface area contributed by atoms with Gasteiger partial charge in [-0.3, -0.25) is 4.98 Å². The third kappa shape index (κ3) is 5.27. The van der Waals surface area contributed by atoms with Gasteiger partial charge in [-0.15, -0.1) is 12.6 Å². The average Bonchev–Trinajstić information content (AvgIpc) is 2.78. The van der Waals surface area contributed by atoms with Gasteiger partial charge >= 0.3 is 6.03 Å². The van der Waals surface area contributed by atoms with Crippen LogP contribution in [0.3, 0.4) is 0 Å². The van der Waals surface area contributed by atoms with E-state index in [1.54, 1.807) is 24.4 Å². The number of halogens is 1. The molecule has 2 N–H and O–H groups in total.